The number of hydrogen-bond acceptors (Lipinski definition) is 2. The van der Waals surface area contributed by atoms with Gasteiger partial charge in [-0.15, -0.1) is 12.4 Å². The Balaban J connectivity index is 0.00000220. The molecular weight excluding hydrogens is 312 g/mol. The molecule has 0 radical (unpaired) electrons. The topological polar surface area (TPSA) is 32.3 Å². The van der Waals surface area contributed by atoms with Crippen molar-refractivity contribution in [1.82, 2.24) is 10.2 Å². The van der Waals surface area contributed by atoms with E-state index in [-0.39, 0.29) is 18.4 Å². The Labute approximate surface area is 125 Å². The van der Waals surface area contributed by atoms with Gasteiger partial charge >= 0.3 is 6.18 Å². The minimum absolute atomic E-state index is 0. The number of amides is 1. The molecule has 3 nitrogen and oxygen atoms in total. The molecule has 118 valence electrons. The lowest BCUT2D eigenvalue weighted by molar-refractivity contribution is -0.137. The van der Waals surface area contributed by atoms with Crippen LogP contribution < -0.4 is 5.32 Å². The van der Waals surface area contributed by atoms with E-state index in [0.717, 1.165) is 0 Å². The summed E-state index contributed by atoms with van der Waals surface area (Å²) < 4.78 is 51.5. The van der Waals surface area contributed by atoms with Gasteiger partial charge in [-0.3, -0.25) is 4.79 Å². The maximum atomic E-state index is 13.7. The molecule has 1 amide bonds. The number of rotatable bonds is 1. The highest BCUT2D eigenvalue weighted by Crippen LogP contribution is 2.30. The predicted octanol–water partition coefficient (Wildman–Crippen LogP) is 2.70. The molecule has 0 spiro atoms. The van der Waals surface area contributed by atoms with Crippen LogP contribution in [-0.4, -0.2) is 36.5 Å². The van der Waals surface area contributed by atoms with E-state index in [1.165, 1.54) is 4.90 Å². The van der Waals surface area contributed by atoms with Crippen LogP contribution in [0.25, 0.3) is 0 Å². The summed E-state index contributed by atoms with van der Waals surface area (Å²) in [7, 11) is 0. The molecular formula is C13H15ClF4N2O. The molecule has 8 heteroatoms. The van der Waals surface area contributed by atoms with E-state index in [1.807, 2.05) is 0 Å². The van der Waals surface area contributed by atoms with Crippen LogP contribution in [0.3, 0.4) is 0 Å². The fraction of sp³-hybridized carbons (Fsp3) is 0.462. The van der Waals surface area contributed by atoms with Crippen molar-refractivity contribution in [2.45, 2.75) is 19.1 Å². The van der Waals surface area contributed by atoms with Crippen molar-refractivity contribution in [2.75, 3.05) is 19.6 Å². The maximum Gasteiger partial charge on any atom is 0.416 e. The standard InChI is InChI=1S/C13H14F4N2O.ClH/c1-8-7-18-4-5-19(8)12(20)10-6-9(13(15,16)17)2-3-11(10)14;/h2-3,6,8,18H,4-5,7H2,1H3;1H. The zero-order valence-electron chi connectivity index (χ0n) is 11.2. The molecule has 1 aliphatic rings. The quantitative estimate of drug-likeness (QED) is 0.805. The third-order valence-corrected chi connectivity index (χ3v) is 3.29. The first-order valence-electron chi connectivity index (χ1n) is 6.19. The maximum absolute atomic E-state index is 13.7. The molecule has 0 saturated carbocycles. The summed E-state index contributed by atoms with van der Waals surface area (Å²) >= 11 is 0. The number of nitrogens with one attached hydrogen (secondary N) is 1. The average Bonchev–Trinajstić information content (AvgIpc) is 2.37. The number of carbonyl (C=O) groups excluding carboxylic acids is 1. The first-order chi connectivity index (χ1) is 9.30. The summed E-state index contributed by atoms with van der Waals surface area (Å²) in [5.41, 5.74) is -1.56. The van der Waals surface area contributed by atoms with Crippen LogP contribution in [0.1, 0.15) is 22.8 Å². The van der Waals surface area contributed by atoms with Gasteiger partial charge in [0.05, 0.1) is 11.1 Å². The van der Waals surface area contributed by atoms with Gasteiger partial charge in [0.25, 0.3) is 5.91 Å². The molecule has 1 aromatic carbocycles. The van der Waals surface area contributed by atoms with Gasteiger partial charge in [0.1, 0.15) is 5.82 Å². The Morgan fingerprint density at radius 3 is 2.62 bits per heavy atom. The molecule has 0 bridgehead atoms. The zero-order valence-corrected chi connectivity index (χ0v) is 12.0. The summed E-state index contributed by atoms with van der Waals surface area (Å²) in [6.45, 7) is 3.17. The fourth-order valence-electron chi connectivity index (χ4n) is 2.16. The molecule has 0 aliphatic carbocycles. The molecule has 1 aliphatic heterocycles. The number of hydrogen-bond donors (Lipinski definition) is 1. The van der Waals surface area contributed by atoms with Gasteiger partial charge in [0, 0.05) is 25.7 Å². The Hall–Kier alpha value is -1.34. The molecule has 1 heterocycles. The molecule has 21 heavy (non-hydrogen) atoms. The minimum atomic E-state index is -4.60. The number of nitrogens with zero attached hydrogens (tertiary/aromatic N) is 1. The lowest BCUT2D eigenvalue weighted by atomic mass is 10.1. The van der Waals surface area contributed by atoms with E-state index in [0.29, 0.717) is 37.8 Å². The second kappa shape index (κ2) is 6.62. The van der Waals surface area contributed by atoms with Gasteiger partial charge in [0.15, 0.2) is 0 Å². The van der Waals surface area contributed by atoms with Crippen molar-refractivity contribution in [3.63, 3.8) is 0 Å². The molecule has 0 aromatic heterocycles. The van der Waals surface area contributed by atoms with Crippen molar-refractivity contribution >= 4 is 18.3 Å². The van der Waals surface area contributed by atoms with Crippen molar-refractivity contribution in [3.05, 3.63) is 35.1 Å². The van der Waals surface area contributed by atoms with Crippen molar-refractivity contribution in [3.8, 4) is 0 Å². The van der Waals surface area contributed by atoms with Crippen molar-refractivity contribution in [2.24, 2.45) is 0 Å². The van der Waals surface area contributed by atoms with Gasteiger partial charge in [-0.2, -0.15) is 13.2 Å². The molecule has 1 atom stereocenters. The monoisotopic (exact) mass is 326 g/mol. The number of benzene rings is 1. The Kier molecular flexibility index (Phi) is 5.58. The van der Waals surface area contributed by atoms with Crippen LogP contribution in [-0.2, 0) is 6.18 Å². The highest BCUT2D eigenvalue weighted by molar-refractivity contribution is 5.95. The van der Waals surface area contributed by atoms with Crippen molar-refractivity contribution < 1.29 is 22.4 Å². The second-order valence-electron chi connectivity index (χ2n) is 4.74. The summed E-state index contributed by atoms with van der Waals surface area (Å²) in [5, 5.41) is 3.05. The predicted molar refractivity (Wildman–Crippen MR) is 72.0 cm³/mol. The van der Waals surface area contributed by atoms with Gasteiger partial charge in [-0.1, -0.05) is 0 Å². The third kappa shape index (κ3) is 3.85. The summed E-state index contributed by atoms with van der Waals surface area (Å²) in [4.78, 5) is 13.6. The van der Waals surface area contributed by atoms with Crippen LogP contribution >= 0.6 is 12.4 Å². The smallest absolute Gasteiger partial charge is 0.333 e. The molecule has 1 fully saturated rings. The van der Waals surface area contributed by atoms with Crippen LogP contribution in [0.5, 0.6) is 0 Å². The van der Waals surface area contributed by atoms with E-state index in [4.69, 9.17) is 0 Å². The first kappa shape index (κ1) is 17.7. The van der Waals surface area contributed by atoms with E-state index >= 15 is 0 Å². The van der Waals surface area contributed by atoms with Crippen molar-refractivity contribution in [1.29, 1.82) is 0 Å². The Bertz CT molecular complexity index is 521. The van der Waals surface area contributed by atoms with E-state index in [1.54, 1.807) is 6.92 Å². The minimum Gasteiger partial charge on any atom is -0.333 e. The van der Waals surface area contributed by atoms with Crippen LogP contribution in [0, 0.1) is 5.82 Å². The van der Waals surface area contributed by atoms with Crippen LogP contribution in [0.4, 0.5) is 17.6 Å². The molecule has 1 unspecified atom stereocenters. The SMILES string of the molecule is CC1CNCCN1C(=O)c1cc(C(F)(F)F)ccc1F.Cl. The summed E-state index contributed by atoms with van der Waals surface area (Å²) in [6.07, 6.45) is -4.60. The first-order valence-corrected chi connectivity index (χ1v) is 6.19. The highest BCUT2D eigenvalue weighted by atomic mass is 35.5. The van der Waals surface area contributed by atoms with E-state index in [2.05, 4.69) is 5.32 Å². The van der Waals surface area contributed by atoms with Crippen LogP contribution in [0.2, 0.25) is 0 Å². The summed E-state index contributed by atoms with van der Waals surface area (Å²) in [6, 6.07) is 1.70. The fourth-order valence-corrected chi connectivity index (χ4v) is 2.16. The number of alkyl halides is 3. The third-order valence-electron chi connectivity index (χ3n) is 3.29. The average molecular weight is 327 g/mol. The van der Waals surface area contributed by atoms with Gasteiger partial charge in [0.2, 0.25) is 0 Å². The largest absolute Gasteiger partial charge is 0.416 e. The zero-order chi connectivity index (χ0) is 14.9. The molecule has 1 N–H and O–H groups in total. The lowest BCUT2D eigenvalue weighted by Crippen LogP contribution is -2.52. The van der Waals surface area contributed by atoms with Gasteiger partial charge < -0.3 is 10.2 Å². The molecule has 1 aromatic rings. The normalized spacial score (nSPS) is 19.1. The van der Waals surface area contributed by atoms with E-state index in [9.17, 15) is 22.4 Å². The van der Waals surface area contributed by atoms with Crippen LogP contribution in [0.15, 0.2) is 18.2 Å². The molecule has 2 rings (SSSR count). The number of halogens is 5. The Morgan fingerprint density at radius 2 is 2.05 bits per heavy atom. The number of piperazine rings is 1. The number of carbonyl (C=O) groups is 1. The second-order valence-corrected chi connectivity index (χ2v) is 4.74. The lowest BCUT2D eigenvalue weighted by Gasteiger charge is -2.34. The highest BCUT2D eigenvalue weighted by Gasteiger charge is 2.33. The van der Waals surface area contributed by atoms with Gasteiger partial charge in [-0.05, 0) is 25.1 Å². The van der Waals surface area contributed by atoms with Gasteiger partial charge in [-0.25, -0.2) is 4.39 Å². The molecule has 1 saturated heterocycles. The van der Waals surface area contributed by atoms with E-state index < -0.39 is 29.0 Å². The summed E-state index contributed by atoms with van der Waals surface area (Å²) in [5.74, 6) is -1.64. The Morgan fingerprint density at radius 1 is 1.38 bits per heavy atom.